The molecule has 1 saturated carbocycles. The van der Waals surface area contributed by atoms with Crippen LogP contribution in [0.25, 0.3) is 0 Å². The molecule has 2 amide bonds. The summed E-state index contributed by atoms with van der Waals surface area (Å²) in [7, 11) is 0. The highest BCUT2D eigenvalue weighted by Crippen LogP contribution is 2.46. The van der Waals surface area contributed by atoms with E-state index in [1.54, 1.807) is 19.1 Å². The van der Waals surface area contributed by atoms with Gasteiger partial charge in [-0.25, -0.2) is 4.79 Å². The van der Waals surface area contributed by atoms with Crippen LogP contribution in [0.4, 0.5) is 5.00 Å². The van der Waals surface area contributed by atoms with Crippen LogP contribution >= 0.6 is 11.3 Å². The number of esters is 2. The summed E-state index contributed by atoms with van der Waals surface area (Å²) in [6.45, 7) is 4.82. The average Bonchev–Trinajstić information content (AvgIpc) is 3.50. The fraction of sp³-hybridized carbons (Fsp3) is 0.391. The number of carbonyl (C=O) groups excluding carboxylic acids is 4. The molecule has 0 bridgehead atoms. The SMILES string of the molecule is CCOC(=O)c1c(C2CC2)csc1NC(=O)COC(=O)CNC(=O)c1cc(C)cc(C)c1. The number of carbonyl (C=O) groups is 4. The number of ether oxygens (including phenoxy) is 2. The first-order chi connectivity index (χ1) is 15.3. The maximum absolute atomic E-state index is 12.3. The molecule has 0 atom stereocenters. The molecule has 0 spiro atoms. The summed E-state index contributed by atoms with van der Waals surface area (Å²) < 4.78 is 10.1. The maximum atomic E-state index is 12.3. The van der Waals surface area contributed by atoms with Crippen molar-refractivity contribution in [3.8, 4) is 0 Å². The maximum Gasteiger partial charge on any atom is 0.341 e. The molecule has 1 aliphatic carbocycles. The van der Waals surface area contributed by atoms with Crippen molar-refractivity contribution in [3.63, 3.8) is 0 Å². The number of benzene rings is 1. The Morgan fingerprint density at radius 2 is 1.75 bits per heavy atom. The molecular formula is C23H26N2O6S. The number of rotatable bonds is 9. The van der Waals surface area contributed by atoms with Gasteiger partial charge in [-0.1, -0.05) is 17.2 Å². The Kier molecular flexibility index (Phi) is 7.63. The summed E-state index contributed by atoms with van der Waals surface area (Å²) in [6, 6.07) is 5.39. The predicted octanol–water partition coefficient (Wildman–Crippen LogP) is 3.33. The van der Waals surface area contributed by atoms with Gasteiger partial charge in [-0.15, -0.1) is 11.3 Å². The van der Waals surface area contributed by atoms with E-state index < -0.39 is 30.4 Å². The first-order valence-electron chi connectivity index (χ1n) is 10.4. The van der Waals surface area contributed by atoms with Crippen LogP contribution in [0.2, 0.25) is 0 Å². The van der Waals surface area contributed by atoms with Crippen LogP contribution in [-0.2, 0) is 19.1 Å². The molecule has 32 heavy (non-hydrogen) atoms. The van der Waals surface area contributed by atoms with Crippen LogP contribution < -0.4 is 10.6 Å². The summed E-state index contributed by atoms with van der Waals surface area (Å²) >= 11 is 1.25. The van der Waals surface area contributed by atoms with Crippen molar-refractivity contribution < 1.29 is 28.7 Å². The lowest BCUT2D eigenvalue weighted by atomic mass is 10.1. The van der Waals surface area contributed by atoms with Crippen LogP contribution in [0.5, 0.6) is 0 Å². The van der Waals surface area contributed by atoms with Crippen molar-refractivity contribution in [3.05, 3.63) is 51.4 Å². The van der Waals surface area contributed by atoms with E-state index in [4.69, 9.17) is 9.47 Å². The topological polar surface area (TPSA) is 111 Å². The molecule has 0 saturated heterocycles. The van der Waals surface area contributed by atoms with Gasteiger partial charge in [0.2, 0.25) is 0 Å². The molecular weight excluding hydrogens is 432 g/mol. The Labute approximate surface area is 190 Å². The number of amides is 2. The number of hydrogen-bond donors (Lipinski definition) is 2. The van der Waals surface area contributed by atoms with Crippen LogP contribution in [0.3, 0.4) is 0 Å². The Balaban J connectivity index is 1.50. The molecule has 1 aromatic carbocycles. The highest BCUT2D eigenvalue weighted by Gasteiger charge is 2.32. The monoisotopic (exact) mass is 458 g/mol. The van der Waals surface area contributed by atoms with Crippen molar-refractivity contribution in [1.82, 2.24) is 5.32 Å². The third-order valence-electron chi connectivity index (χ3n) is 4.81. The number of aryl methyl sites for hydroxylation is 2. The molecule has 1 aliphatic rings. The van der Waals surface area contributed by atoms with Gasteiger partial charge < -0.3 is 20.1 Å². The van der Waals surface area contributed by atoms with E-state index in [0.717, 1.165) is 29.5 Å². The van der Waals surface area contributed by atoms with E-state index in [9.17, 15) is 19.2 Å². The zero-order valence-electron chi connectivity index (χ0n) is 18.3. The largest absolute Gasteiger partial charge is 0.462 e. The second-order valence-electron chi connectivity index (χ2n) is 7.66. The van der Waals surface area contributed by atoms with E-state index >= 15 is 0 Å². The van der Waals surface area contributed by atoms with E-state index in [2.05, 4.69) is 10.6 Å². The molecule has 2 N–H and O–H groups in total. The number of nitrogens with one attached hydrogen (secondary N) is 2. The van der Waals surface area contributed by atoms with Gasteiger partial charge in [-0.2, -0.15) is 0 Å². The van der Waals surface area contributed by atoms with Gasteiger partial charge in [-0.05, 0) is 62.6 Å². The molecule has 1 fully saturated rings. The molecule has 9 heteroatoms. The minimum Gasteiger partial charge on any atom is -0.462 e. The first kappa shape index (κ1) is 23.5. The smallest absolute Gasteiger partial charge is 0.341 e. The second-order valence-corrected chi connectivity index (χ2v) is 8.54. The molecule has 2 aromatic rings. The molecule has 8 nitrogen and oxygen atoms in total. The molecule has 0 unspecified atom stereocenters. The highest BCUT2D eigenvalue weighted by atomic mass is 32.1. The van der Waals surface area contributed by atoms with Crippen molar-refractivity contribution in [2.24, 2.45) is 0 Å². The Morgan fingerprint density at radius 1 is 1.06 bits per heavy atom. The van der Waals surface area contributed by atoms with Crippen molar-refractivity contribution in [2.45, 2.75) is 39.5 Å². The molecule has 170 valence electrons. The number of anilines is 1. The zero-order valence-corrected chi connectivity index (χ0v) is 19.1. The summed E-state index contributed by atoms with van der Waals surface area (Å²) in [5, 5.41) is 7.35. The fourth-order valence-corrected chi connectivity index (χ4v) is 4.34. The Bertz CT molecular complexity index is 1020. The molecule has 1 heterocycles. The minimum atomic E-state index is -0.742. The van der Waals surface area contributed by atoms with Gasteiger partial charge in [0.05, 0.1) is 12.2 Å². The van der Waals surface area contributed by atoms with E-state index in [1.807, 2.05) is 25.3 Å². The van der Waals surface area contributed by atoms with Gasteiger partial charge in [0.25, 0.3) is 11.8 Å². The van der Waals surface area contributed by atoms with Crippen LogP contribution in [0.1, 0.15) is 63.1 Å². The molecule has 1 aromatic heterocycles. The molecule has 0 aliphatic heterocycles. The third kappa shape index (κ3) is 6.16. The van der Waals surface area contributed by atoms with Gasteiger partial charge in [0, 0.05) is 5.56 Å². The lowest BCUT2D eigenvalue weighted by Crippen LogP contribution is -2.32. The summed E-state index contributed by atoms with van der Waals surface area (Å²) in [6.07, 6.45) is 2.00. The van der Waals surface area contributed by atoms with Crippen molar-refractivity contribution in [2.75, 3.05) is 25.1 Å². The van der Waals surface area contributed by atoms with E-state index in [1.165, 1.54) is 11.3 Å². The van der Waals surface area contributed by atoms with Crippen LogP contribution in [0, 0.1) is 13.8 Å². The number of hydrogen-bond acceptors (Lipinski definition) is 7. The lowest BCUT2D eigenvalue weighted by molar-refractivity contribution is -0.146. The Morgan fingerprint density at radius 3 is 2.38 bits per heavy atom. The normalized spacial score (nSPS) is 12.7. The number of thiophene rings is 1. The second kappa shape index (κ2) is 10.4. The molecule has 3 rings (SSSR count). The van der Waals surface area contributed by atoms with Crippen LogP contribution in [0.15, 0.2) is 23.6 Å². The Hall–Kier alpha value is -3.20. The highest BCUT2D eigenvalue weighted by molar-refractivity contribution is 7.15. The predicted molar refractivity (Wildman–Crippen MR) is 120 cm³/mol. The summed E-state index contributed by atoms with van der Waals surface area (Å²) in [5.41, 5.74) is 3.59. The third-order valence-corrected chi connectivity index (χ3v) is 5.72. The fourth-order valence-electron chi connectivity index (χ4n) is 3.29. The summed E-state index contributed by atoms with van der Waals surface area (Å²) in [4.78, 5) is 48.8. The van der Waals surface area contributed by atoms with Gasteiger partial charge >= 0.3 is 11.9 Å². The van der Waals surface area contributed by atoms with Crippen molar-refractivity contribution >= 4 is 40.1 Å². The minimum absolute atomic E-state index is 0.234. The quantitative estimate of drug-likeness (QED) is 0.558. The van der Waals surface area contributed by atoms with E-state index in [0.29, 0.717) is 22.0 Å². The zero-order chi connectivity index (χ0) is 23.3. The van der Waals surface area contributed by atoms with E-state index in [-0.39, 0.29) is 13.2 Å². The van der Waals surface area contributed by atoms with Gasteiger partial charge in [-0.3, -0.25) is 14.4 Å². The van der Waals surface area contributed by atoms with Gasteiger partial charge in [0.15, 0.2) is 6.61 Å². The first-order valence-corrected chi connectivity index (χ1v) is 11.3. The van der Waals surface area contributed by atoms with Crippen LogP contribution in [-0.4, -0.2) is 43.5 Å². The lowest BCUT2D eigenvalue weighted by Gasteiger charge is -2.09. The van der Waals surface area contributed by atoms with Gasteiger partial charge in [0.1, 0.15) is 11.5 Å². The molecule has 0 radical (unpaired) electrons. The van der Waals surface area contributed by atoms with Crippen molar-refractivity contribution in [1.29, 1.82) is 0 Å². The average molecular weight is 459 g/mol. The summed E-state index contributed by atoms with van der Waals surface area (Å²) in [5.74, 6) is -1.88. The standard InChI is InChI=1S/C23H26N2O6S/c1-4-30-23(29)20-17(15-5-6-15)12-32-22(20)25-18(26)11-31-19(27)10-24-21(28)16-8-13(2)7-14(3)9-16/h7-9,12,15H,4-6,10-11H2,1-3H3,(H,24,28)(H,25,26).